The van der Waals surface area contributed by atoms with Crippen LogP contribution in [0.5, 0.6) is 11.5 Å². The molecule has 6 nitrogen and oxygen atoms in total. The summed E-state index contributed by atoms with van der Waals surface area (Å²) < 4.78 is 10.7. The lowest BCUT2D eigenvalue weighted by molar-refractivity contribution is 0.0941. The molecule has 1 amide bonds. The second-order valence-electron chi connectivity index (χ2n) is 6.04. The molecular formula is C19H22N2O4. The van der Waals surface area contributed by atoms with E-state index in [2.05, 4.69) is 10.3 Å². The number of nitrogens with one attached hydrogen (secondary N) is 2. The highest BCUT2D eigenvalue weighted by atomic mass is 16.5. The number of hydrogen-bond acceptors (Lipinski definition) is 4. The molecule has 0 bridgehead atoms. The van der Waals surface area contributed by atoms with Gasteiger partial charge >= 0.3 is 0 Å². The predicted octanol–water partition coefficient (Wildman–Crippen LogP) is 2.66. The molecule has 0 saturated carbocycles. The van der Waals surface area contributed by atoms with Crippen LogP contribution in [0.4, 0.5) is 0 Å². The monoisotopic (exact) mass is 342 g/mol. The van der Waals surface area contributed by atoms with Gasteiger partial charge in [0.25, 0.3) is 5.91 Å². The van der Waals surface area contributed by atoms with Crippen LogP contribution in [0.15, 0.2) is 24.3 Å². The molecule has 0 aliphatic heterocycles. The fraction of sp³-hybridized carbons (Fsp3) is 0.368. The van der Waals surface area contributed by atoms with Crippen LogP contribution < -0.4 is 14.8 Å². The van der Waals surface area contributed by atoms with E-state index in [0.717, 1.165) is 29.8 Å². The summed E-state index contributed by atoms with van der Waals surface area (Å²) in [6.07, 6.45) is 2.20. The Kier molecular flexibility index (Phi) is 5.07. The van der Waals surface area contributed by atoms with Gasteiger partial charge in [0.1, 0.15) is 23.8 Å². The number of ether oxygens (including phenoxy) is 2. The highest BCUT2D eigenvalue weighted by molar-refractivity contribution is 6.04. The number of H-pyrrole nitrogens is 1. The van der Waals surface area contributed by atoms with E-state index in [9.17, 15) is 9.59 Å². The maximum Gasteiger partial charge on any atom is 0.268 e. The molecule has 1 heterocycles. The Morgan fingerprint density at radius 1 is 1.28 bits per heavy atom. The Morgan fingerprint density at radius 2 is 2.08 bits per heavy atom. The van der Waals surface area contributed by atoms with Crippen LogP contribution in [-0.2, 0) is 6.42 Å². The molecule has 3 rings (SSSR count). The van der Waals surface area contributed by atoms with Gasteiger partial charge in [-0.15, -0.1) is 0 Å². The van der Waals surface area contributed by atoms with Crippen LogP contribution >= 0.6 is 0 Å². The Labute approximate surface area is 146 Å². The van der Waals surface area contributed by atoms with Crippen molar-refractivity contribution in [2.45, 2.75) is 26.2 Å². The standard InChI is InChI=1S/C19H22N2O4/c1-12-17-15(7-4-8-16(17)22)21-18(12)19(23)20-9-10-25-14-6-3-5-13(11-14)24-2/h3,5-6,11,21H,4,7-10H2,1-2H3,(H,20,23). The van der Waals surface area contributed by atoms with Crippen molar-refractivity contribution in [1.29, 1.82) is 0 Å². The molecular weight excluding hydrogens is 320 g/mol. The third-order valence-corrected chi connectivity index (χ3v) is 4.36. The maximum absolute atomic E-state index is 12.4. The number of carbonyl (C=O) groups is 2. The molecule has 2 aromatic rings. The van der Waals surface area contributed by atoms with Gasteiger partial charge < -0.3 is 19.8 Å². The molecule has 1 aromatic carbocycles. The van der Waals surface area contributed by atoms with E-state index in [1.807, 2.05) is 25.1 Å². The van der Waals surface area contributed by atoms with Crippen LogP contribution in [0.25, 0.3) is 0 Å². The predicted molar refractivity (Wildman–Crippen MR) is 93.6 cm³/mol. The largest absolute Gasteiger partial charge is 0.497 e. The topological polar surface area (TPSA) is 80.4 Å². The highest BCUT2D eigenvalue weighted by Gasteiger charge is 2.26. The normalized spacial score (nSPS) is 13.3. The average Bonchev–Trinajstić information content (AvgIpc) is 2.97. The summed E-state index contributed by atoms with van der Waals surface area (Å²) in [5.41, 5.74) is 2.79. The summed E-state index contributed by atoms with van der Waals surface area (Å²) in [6.45, 7) is 2.53. The number of fused-ring (bicyclic) bond motifs is 1. The Balaban J connectivity index is 1.55. The molecule has 0 fully saturated rings. The first-order chi connectivity index (χ1) is 12.1. The van der Waals surface area contributed by atoms with Crippen molar-refractivity contribution in [3.05, 3.63) is 46.8 Å². The van der Waals surface area contributed by atoms with E-state index in [1.54, 1.807) is 13.2 Å². The molecule has 0 atom stereocenters. The number of aromatic amines is 1. The molecule has 0 spiro atoms. The molecule has 1 aliphatic rings. The van der Waals surface area contributed by atoms with Gasteiger partial charge in [-0.25, -0.2) is 0 Å². The van der Waals surface area contributed by atoms with Gasteiger partial charge in [0, 0.05) is 23.7 Å². The fourth-order valence-electron chi connectivity index (χ4n) is 3.11. The molecule has 1 aliphatic carbocycles. The van der Waals surface area contributed by atoms with Crippen LogP contribution in [-0.4, -0.2) is 36.9 Å². The Hall–Kier alpha value is -2.76. The van der Waals surface area contributed by atoms with Crippen molar-refractivity contribution in [2.75, 3.05) is 20.3 Å². The summed E-state index contributed by atoms with van der Waals surface area (Å²) in [7, 11) is 1.60. The number of benzene rings is 1. The zero-order valence-corrected chi connectivity index (χ0v) is 14.5. The summed E-state index contributed by atoms with van der Waals surface area (Å²) in [5.74, 6) is 1.31. The van der Waals surface area contributed by atoms with Crippen LogP contribution in [0.1, 0.15) is 44.9 Å². The minimum Gasteiger partial charge on any atom is -0.497 e. The van der Waals surface area contributed by atoms with E-state index in [-0.39, 0.29) is 11.7 Å². The van der Waals surface area contributed by atoms with Gasteiger partial charge in [0.05, 0.1) is 13.7 Å². The first-order valence-electron chi connectivity index (χ1n) is 8.40. The van der Waals surface area contributed by atoms with E-state index in [4.69, 9.17) is 9.47 Å². The summed E-state index contributed by atoms with van der Waals surface area (Å²) in [4.78, 5) is 27.5. The lowest BCUT2D eigenvalue weighted by Crippen LogP contribution is -2.29. The molecule has 0 radical (unpaired) electrons. The van der Waals surface area contributed by atoms with E-state index in [0.29, 0.717) is 36.6 Å². The SMILES string of the molecule is COc1cccc(OCCNC(=O)c2[nH]c3c(c2C)C(=O)CCC3)c1. The second kappa shape index (κ2) is 7.42. The average molecular weight is 342 g/mol. The van der Waals surface area contributed by atoms with Gasteiger partial charge in [-0.05, 0) is 37.5 Å². The lowest BCUT2D eigenvalue weighted by Gasteiger charge is -2.09. The van der Waals surface area contributed by atoms with Gasteiger partial charge in [-0.2, -0.15) is 0 Å². The lowest BCUT2D eigenvalue weighted by atomic mass is 9.94. The van der Waals surface area contributed by atoms with Crippen molar-refractivity contribution >= 4 is 11.7 Å². The molecule has 0 saturated heterocycles. The van der Waals surface area contributed by atoms with Crippen LogP contribution in [0.2, 0.25) is 0 Å². The van der Waals surface area contributed by atoms with Crippen molar-refractivity contribution in [2.24, 2.45) is 0 Å². The minimum absolute atomic E-state index is 0.121. The van der Waals surface area contributed by atoms with Crippen molar-refractivity contribution in [3.8, 4) is 11.5 Å². The number of methoxy groups -OCH3 is 1. The number of amides is 1. The fourth-order valence-corrected chi connectivity index (χ4v) is 3.11. The molecule has 25 heavy (non-hydrogen) atoms. The summed E-state index contributed by atoms with van der Waals surface area (Å²) in [5, 5.41) is 2.82. The number of hydrogen-bond donors (Lipinski definition) is 2. The number of Topliss-reactive ketones (excluding diaryl/α,β-unsaturated/α-hetero) is 1. The molecule has 6 heteroatoms. The van der Waals surface area contributed by atoms with Gasteiger partial charge in [0.15, 0.2) is 5.78 Å². The quantitative estimate of drug-likeness (QED) is 0.791. The first kappa shape index (κ1) is 17.1. The Bertz CT molecular complexity index is 795. The zero-order chi connectivity index (χ0) is 17.8. The minimum atomic E-state index is -0.214. The van der Waals surface area contributed by atoms with Gasteiger partial charge in [-0.3, -0.25) is 9.59 Å². The number of aryl methyl sites for hydroxylation is 1. The van der Waals surface area contributed by atoms with E-state index in [1.165, 1.54) is 0 Å². The van der Waals surface area contributed by atoms with Crippen LogP contribution in [0.3, 0.4) is 0 Å². The first-order valence-corrected chi connectivity index (χ1v) is 8.40. The smallest absolute Gasteiger partial charge is 0.268 e. The zero-order valence-electron chi connectivity index (χ0n) is 14.5. The van der Waals surface area contributed by atoms with Crippen LogP contribution in [0, 0.1) is 6.92 Å². The van der Waals surface area contributed by atoms with Gasteiger partial charge in [0.2, 0.25) is 0 Å². The third kappa shape index (κ3) is 3.68. The number of ketones is 1. The number of rotatable bonds is 6. The molecule has 2 N–H and O–H groups in total. The summed E-state index contributed by atoms with van der Waals surface area (Å²) in [6, 6.07) is 7.30. The second-order valence-corrected chi connectivity index (χ2v) is 6.04. The Morgan fingerprint density at radius 3 is 2.84 bits per heavy atom. The summed E-state index contributed by atoms with van der Waals surface area (Å²) >= 11 is 0. The molecule has 1 aromatic heterocycles. The van der Waals surface area contributed by atoms with Crippen molar-refractivity contribution in [1.82, 2.24) is 10.3 Å². The molecule has 0 unspecified atom stereocenters. The number of carbonyl (C=O) groups excluding carboxylic acids is 2. The number of aromatic nitrogens is 1. The highest BCUT2D eigenvalue weighted by Crippen LogP contribution is 2.26. The maximum atomic E-state index is 12.4. The third-order valence-electron chi connectivity index (χ3n) is 4.36. The molecule has 132 valence electrons. The van der Waals surface area contributed by atoms with E-state index >= 15 is 0 Å². The van der Waals surface area contributed by atoms with Gasteiger partial charge in [-0.1, -0.05) is 6.07 Å². The van der Waals surface area contributed by atoms with E-state index < -0.39 is 0 Å². The van der Waals surface area contributed by atoms with Crippen molar-refractivity contribution < 1.29 is 19.1 Å². The van der Waals surface area contributed by atoms with Crippen molar-refractivity contribution in [3.63, 3.8) is 0 Å².